The summed E-state index contributed by atoms with van der Waals surface area (Å²) in [4.78, 5) is 39.2. The molecular weight excluding hydrogens is 308 g/mol. The molecule has 1 aliphatic rings. The largest absolute Gasteiger partial charge is 0.349 e. The predicted octanol–water partition coefficient (Wildman–Crippen LogP) is 0.709. The van der Waals surface area contributed by atoms with Gasteiger partial charge in [0.15, 0.2) is 0 Å². The van der Waals surface area contributed by atoms with Crippen molar-refractivity contribution in [3.63, 3.8) is 0 Å². The Balaban J connectivity index is 1.86. The monoisotopic (exact) mass is 330 g/mol. The van der Waals surface area contributed by atoms with Crippen LogP contribution in [0, 0.1) is 0 Å². The van der Waals surface area contributed by atoms with Gasteiger partial charge in [-0.2, -0.15) is 0 Å². The van der Waals surface area contributed by atoms with Crippen molar-refractivity contribution < 1.29 is 4.79 Å². The average molecular weight is 330 g/mol. The number of aromatic nitrogens is 2. The molecule has 1 aromatic heterocycles. The van der Waals surface area contributed by atoms with E-state index in [2.05, 4.69) is 10.3 Å². The average Bonchev–Trinajstić information content (AvgIpc) is 2.56. The van der Waals surface area contributed by atoms with Gasteiger partial charge in [-0.1, -0.05) is 0 Å². The number of carbonyl (C=O) groups is 1. The highest BCUT2D eigenvalue weighted by atomic mass is 16.2. The van der Waals surface area contributed by atoms with Crippen molar-refractivity contribution in [1.29, 1.82) is 0 Å². The highest BCUT2D eigenvalue weighted by Crippen LogP contribution is 2.18. The number of fused-ring (bicyclic) bond motifs is 1. The lowest BCUT2D eigenvalue weighted by Crippen LogP contribution is -2.40. The molecule has 1 amide bonds. The van der Waals surface area contributed by atoms with E-state index in [1.165, 1.54) is 0 Å². The molecule has 1 fully saturated rings. The molecule has 0 aliphatic heterocycles. The summed E-state index contributed by atoms with van der Waals surface area (Å²) in [5.74, 6) is -0.196. The van der Waals surface area contributed by atoms with Crippen molar-refractivity contribution in [2.45, 2.75) is 51.2 Å². The smallest absolute Gasteiger partial charge is 0.328 e. The van der Waals surface area contributed by atoms with E-state index in [1.807, 2.05) is 0 Å². The third-order valence-corrected chi connectivity index (χ3v) is 4.67. The Morgan fingerprint density at radius 3 is 2.67 bits per heavy atom. The lowest BCUT2D eigenvalue weighted by molar-refractivity contribution is 0.0926. The van der Waals surface area contributed by atoms with Crippen LogP contribution >= 0.6 is 0 Å². The van der Waals surface area contributed by atoms with Crippen LogP contribution in [0.25, 0.3) is 10.9 Å². The van der Waals surface area contributed by atoms with Crippen LogP contribution in [0.5, 0.6) is 0 Å². The van der Waals surface area contributed by atoms with E-state index in [0.29, 0.717) is 23.0 Å². The van der Waals surface area contributed by atoms with Gasteiger partial charge in [0, 0.05) is 24.2 Å². The van der Waals surface area contributed by atoms with Gasteiger partial charge in [-0.25, -0.2) is 4.79 Å². The molecule has 1 aromatic carbocycles. The fraction of sp³-hybridized carbons (Fsp3) is 0.471. The summed E-state index contributed by atoms with van der Waals surface area (Å²) >= 11 is 0. The molecule has 7 nitrogen and oxygen atoms in total. The van der Waals surface area contributed by atoms with Crippen LogP contribution in [-0.4, -0.2) is 27.5 Å². The van der Waals surface area contributed by atoms with E-state index in [1.54, 1.807) is 25.1 Å². The highest BCUT2D eigenvalue weighted by molar-refractivity contribution is 5.97. The molecule has 0 spiro atoms. The van der Waals surface area contributed by atoms with Crippen LogP contribution in [0.2, 0.25) is 0 Å². The maximum absolute atomic E-state index is 12.4. The summed E-state index contributed by atoms with van der Waals surface area (Å²) in [5, 5.41) is 3.40. The van der Waals surface area contributed by atoms with Crippen molar-refractivity contribution in [2.75, 3.05) is 0 Å². The van der Waals surface area contributed by atoms with Crippen LogP contribution in [0.4, 0.5) is 0 Å². The lowest BCUT2D eigenvalue weighted by atomic mass is 9.91. The molecule has 7 heteroatoms. The van der Waals surface area contributed by atoms with E-state index >= 15 is 0 Å². The predicted molar refractivity (Wildman–Crippen MR) is 92.2 cm³/mol. The molecule has 128 valence electrons. The zero-order valence-corrected chi connectivity index (χ0v) is 13.7. The number of nitrogens with zero attached hydrogens (tertiary/aromatic N) is 1. The minimum atomic E-state index is -0.464. The molecule has 4 N–H and O–H groups in total. The Kier molecular flexibility index (Phi) is 4.53. The summed E-state index contributed by atoms with van der Waals surface area (Å²) in [6, 6.07) is 5.11. The Morgan fingerprint density at radius 2 is 2.00 bits per heavy atom. The normalized spacial score (nSPS) is 20.9. The van der Waals surface area contributed by atoms with Crippen molar-refractivity contribution >= 4 is 16.8 Å². The maximum atomic E-state index is 12.4. The molecule has 0 radical (unpaired) electrons. The van der Waals surface area contributed by atoms with Gasteiger partial charge >= 0.3 is 5.69 Å². The Bertz CT molecular complexity index is 876. The fourth-order valence-corrected chi connectivity index (χ4v) is 3.22. The minimum absolute atomic E-state index is 0.125. The molecular formula is C17H22N4O3. The number of hydrogen-bond acceptors (Lipinski definition) is 4. The number of aromatic amines is 1. The van der Waals surface area contributed by atoms with Crippen molar-refractivity contribution in [2.24, 2.45) is 5.73 Å². The Labute approximate surface area is 138 Å². The molecule has 24 heavy (non-hydrogen) atoms. The summed E-state index contributed by atoms with van der Waals surface area (Å²) in [5.41, 5.74) is 5.88. The first-order valence-corrected chi connectivity index (χ1v) is 8.33. The SMILES string of the molecule is CCn1c(=O)[nH]c2cc(C(=O)NC3CCC(N)CC3)ccc2c1=O. The lowest BCUT2D eigenvalue weighted by Gasteiger charge is -2.26. The maximum Gasteiger partial charge on any atom is 0.328 e. The summed E-state index contributed by atoms with van der Waals surface area (Å²) in [6.07, 6.45) is 3.57. The van der Waals surface area contributed by atoms with Crippen LogP contribution in [0.1, 0.15) is 43.0 Å². The zero-order chi connectivity index (χ0) is 17.3. The second-order valence-electron chi connectivity index (χ2n) is 6.33. The van der Waals surface area contributed by atoms with E-state index < -0.39 is 5.69 Å². The number of amides is 1. The number of H-pyrrole nitrogens is 1. The summed E-state index contributed by atoms with van der Waals surface area (Å²) in [6.45, 7) is 2.04. The number of carbonyl (C=O) groups excluding carboxylic acids is 1. The molecule has 1 heterocycles. The van der Waals surface area contributed by atoms with Crippen LogP contribution in [0.3, 0.4) is 0 Å². The van der Waals surface area contributed by atoms with Crippen LogP contribution in [0.15, 0.2) is 27.8 Å². The fourth-order valence-electron chi connectivity index (χ4n) is 3.22. The van der Waals surface area contributed by atoms with E-state index in [9.17, 15) is 14.4 Å². The number of hydrogen-bond donors (Lipinski definition) is 3. The molecule has 0 saturated heterocycles. The molecule has 0 atom stereocenters. The number of nitrogens with one attached hydrogen (secondary N) is 2. The van der Waals surface area contributed by atoms with Crippen molar-refractivity contribution in [1.82, 2.24) is 14.9 Å². The highest BCUT2D eigenvalue weighted by Gasteiger charge is 2.20. The molecule has 0 unspecified atom stereocenters. The first kappa shape index (κ1) is 16.4. The minimum Gasteiger partial charge on any atom is -0.349 e. The van der Waals surface area contributed by atoms with E-state index in [4.69, 9.17) is 5.73 Å². The third kappa shape index (κ3) is 3.12. The van der Waals surface area contributed by atoms with Crippen molar-refractivity contribution in [3.05, 3.63) is 44.6 Å². The van der Waals surface area contributed by atoms with Gasteiger partial charge in [-0.15, -0.1) is 0 Å². The standard InChI is InChI=1S/C17H22N4O3/c1-2-21-16(23)13-8-3-10(9-14(13)20-17(21)24)15(22)19-12-6-4-11(18)5-7-12/h3,8-9,11-12H,2,4-7,18H2,1H3,(H,19,22)(H,20,24). The van der Waals surface area contributed by atoms with Crippen LogP contribution < -0.4 is 22.3 Å². The van der Waals surface area contributed by atoms with Gasteiger partial charge in [-0.3, -0.25) is 14.2 Å². The number of benzene rings is 1. The quantitative estimate of drug-likeness (QED) is 0.770. The topological polar surface area (TPSA) is 110 Å². The van der Waals surface area contributed by atoms with Gasteiger partial charge < -0.3 is 16.0 Å². The van der Waals surface area contributed by atoms with Gasteiger partial charge in [0.25, 0.3) is 11.5 Å². The second-order valence-corrected chi connectivity index (χ2v) is 6.33. The molecule has 1 saturated carbocycles. The molecule has 2 aromatic rings. The second kappa shape index (κ2) is 6.60. The number of nitrogens with two attached hydrogens (primary N) is 1. The Hall–Kier alpha value is -2.41. The molecule has 3 rings (SSSR count). The van der Waals surface area contributed by atoms with E-state index in [-0.39, 0.29) is 23.6 Å². The summed E-state index contributed by atoms with van der Waals surface area (Å²) in [7, 11) is 0. The Morgan fingerprint density at radius 1 is 1.29 bits per heavy atom. The van der Waals surface area contributed by atoms with E-state index in [0.717, 1.165) is 30.3 Å². The zero-order valence-electron chi connectivity index (χ0n) is 13.7. The molecule has 1 aliphatic carbocycles. The number of rotatable bonds is 3. The van der Waals surface area contributed by atoms with Gasteiger partial charge in [0.1, 0.15) is 0 Å². The first-order chi connectivity index (χ1) is 11.5. The van der Waals surface area contributed by atoms with Crippen molar-refractivity contribution in [3.8, 4) is 0 Å². The third-order valence-electron chi connectivity index (χ3n) is 4.67. The first-order valence-electron chi connectivity index (χ1n) is 8.33. The van der Waals surface area contributed by atoms with Gasteiger partial charge in [0.2, 0.25) is 0 Å². The van der Waals surface area contributed by atoms with Gasteiger partial charge in [0.05, 0.1) is 10.9 Å². The van der Waals surface area contributed by atoms with Crippen LogP contribution in [-0.2, 0) is 6.54 Å². The molecule has 0 bridgehead atoms. The summed E-state index contributed by atoms with van der Waals surface area (Å²) < 4.78 is 1.13. The van der Waals surface area contributed by atoms with Gasteiger partial charge in [-0.05, 0) is 50.8 Å².